The maximum absolute atomic E-state index is 12.5. The lowest BCUT2D eigenvalue weighted by molar-refractivity contribution is -0.0499. The molecule has 166 valence electrons. The van der Waals surface area contributed by atoms with Gasteiger partial charge in [0.2, 0.25) is 0 Å². The summed E-state index contributed by atoms with van der Waals surface area (Å²) in [5.74, 6) is 0.209. The standard InChI is InChI=1S/C25H19F2N3O3/c26-25(27)33-21-8-2-1-5-20(21)15-29-30-24(31)19-12-10-17(11-13-19)16-32-22-9-3-6-18-7-4-14-28-23(18)22/h1-15,25H,16H2,(H,30,31)/b29-15+. The zero-order valence-corrected chi connectivity index (χ0v) is 17.3. The zero-order valence-electron chi connectivity index (χ0n) is 17.3. The molecule has 0 aliphatic rings. The van der Waals surface area contributed by atoms with Gasteiger partial charge in [0.05, 0.1) is 6.21 Å². The number of amides is 1. The van der Waals surface area contributed by atoms with Gasteiger partial charge in [-0.3, -0.25) is 9.78 Å². The molecule has 0 saturated carbocycles. The third-order valence-corrected chi connectivity index (χ3v) is 4.71. The van der Waals surface area contributed by atoms with Crippen LogP contribution in [0.25, 0.3) is 10.9 Å². The first kappa shape index (κ1) is 21.9. The van der Waals surface area contributed by atoms with Crippen LogP contribution in [0.4, 0.5) is 8.78 Å². The van der Waals surface area contributed by atoms with E-state index in [1.54, 1.807) is 48.7 Å². The lowest BCUT2D eigenvalue weighted by Crippen LogP contribution is -2.17. The fraction of sp³-hybridized carbons (Fsp3) is 0.0800. The summed E-state index contributed by atoms with van der Waals surface area (Å²) in [6.07, 6.45) is 2.96. The van der Waals surface area contributed by atoms with E-state index in [4.69, 9.17) is 4.74 Å². The second kappa shape index (κ2) is 10.3. The maximum Gasteiger partial charge on any atom is 0.387 e. The molecule has 3 aromatic carbocycles. The van der Waals surface area contributed by atoms with Gasteiger partial charge >= 0.3 is 6.61 Å². The van der Waals surface area contributed by atoms with Crippen molar-refractivity contribution in [1.82, 2.24) is 10.4 Å². The highest BCUT2D eigenvalue weighted by Gasteiger charge is 2.09. The van der Waals surface area contributed by atoms with Crippen LogP contribution in [0.15, 0.2) is 90.2 Å². The highest BCUT2D eigenvalue weighted by molar-refractivity contribution is 5.95. The van der Waals surface area contributed by atoms with E-state index in [1.165, 1.54) is 12.3 Å². The summed E-state index contributed by atoms with van der Waals surface area (Å²) < 4.78 is 35.3. The van der Waals surface area contributed by atoms with E-state index in [-0.39, 0.29) is 5.75 Å². The summed E-state index contributed by atoms with van der Waals surface area (Å²) in [7, 11) is 0. The van der Waals surface area contributed by atoms with Crippen molar-refractivity contribution in [1.29, 1.82) is 0 Å². The fourth-order valence-electron chi connectivity index (χ4n) is 3.12. The van der Waals surface area contributed by atoms with E-state index in [0.717, 1.165) is 16.5 Å². The fourth-order valence-corrected chi connectivity index (χ4v) is 3.12. The minimum Gasteiger partial charge on any atom is -0.487 e. The van der Waals surface area contributed by atoms with Crippen LogP contribution >= 0.6 is 0 Å². The van der Waals surface area contributed by atoms with Gasteiger partial charge in [0.1, 0.15) is 23.6 Å². The van der Waals surface area contributed by atoms with Crippen molar-refractivity contribution in [3.05, 3.63) is 102 Å². The molecule has 8 heteroatoms. The zero-order chi connectivity index (χ0) is 23.0. The number of rotatable bonds is 8. The Kier molecular flexibility index (Phi) is 6.84. The molecule has 0 aliphatic heterocycles. The number of carbonyl (C=O) groups excluding carboxylic acids is 1. The molecule has 1 amide bonds. The normalized spacial score (nSPS) is 11.1. The van der Waals surface area contributed by atoms with Gasteiger partial charge in [-0.25, -0.2) is 5.43 Å². The minimum atomic E-state index is -2.95. The van der Waals surface area contributed by atoms with Crippen LogP contribution in [0.1, 0.15) is 21.5 Å². The number of aromatic nitrogens is 1. The number of hydrogen-bond donors (Lipinski definition) is 1. The van der Waals surface area contributed by atoms with Crippen molar-refractivity contribution in [2.45, 2.75) is 13.2 Å². The summed E-state index contributed by atoms with van der Waals surface area (Å²) in [6, 6.07) is 22.6. The number of alkyl halides is 2. The highest BCUT2D eigenvalue weighted by atomic mass is 19.3. The molecule has 0 bridgehead atoms. The number of hydrazone groups is 1. The van der Waals surface area contributed by atoms with Crippen LogP contribution in [-0.4, -0.2) is 23.7 Å². The topological polar surface area (TPSA) is 72.8 Å². The molecule has 0 spiro atoms. The summed E-state index contributed by atoms with van der Waals surface area (Å²) >= 11 is 0. The number of hydrogen-bond acceptors (Lipinski definition) is 5. The Morgan fingerprint density at radius 3 is 2.55 bits per heavy atom. The minimum absolute atomic E-state index is 0.0313. The van der Waals surface area contributed by atoms with E-state index in [0.29, 0.717) is 23.5 Å². The largest absolute Gasteiger partial charge is 0.487 e. The summed E-state index contributed by atoms with van der Waals surface area (Å²) in [4.78, 5) is 16.7. The molecular formula is C25H19F2N3O3. The Labute approximate surface area is 188 Å². The predicted molar refractivity (Wildman–Crippen MR) is 121 cm³/mol. The number of pyridine rings is 1. The maximum atomic E-state index is 12.5. The number of carbonyl (C=O) groups is 1. The van der Waals surface area contributed by atoms with Crippen LogP contribution < -0.4 is 14.9 Å². The molecule has 0 aliphatic carbocycles. The van der Waals surface area contributed by atoms with Gasteiger partial charge < -0.3 is 9.47 Å². The van der Waals surface area contributed by atoms with Crippen LogP contribution in [0.2, 0.25) is 0 Å². The monoisotopic (exact) mass is 447 g/mol. The molecule has 33 heavy (non-hydrogen) atoms. The number of nitrogens with zero attached hydrogens (tertiary/aromatic N) is 2. The van der Waals surface area contributed by atoms with Crippen LogP contribution in [-0.2, 0) is 6.61 Å². The van der Waals surface area contributed by atoms with E-state index in [9.17, 15) is 13.6 Å². The lowest BCUT2D eigenvalue weighted by Gasteiger charge is -2.09. The molecule has 0 atom stereocenters. The number of nitrogens with one attached hydrogen (secondary N) is 1. The molecule has 6 nitrogen and oxygen atoms in total. The Balaban J connectivity index is 1.35. The average molecular weight is 447 g/mol. The van der Waals surface area contributed by atoms with Crippen molar-refractivity contribution in [2.24, 2.45) is 5.10 Å². The van der Waals surface area contributed by atoms with E-state index in [2.05, 4.69) is 20.2 Å². The van der Waals surface area contributed by atoms with Crippen molar-refractivity contribution in [3.8, 4) is 11.5 Å². The Morgan fingerprint density at radius 1 is 0.970 bits per heavy atom. The SMILES string of the molecule is O=C(N/N=C/c1ccccc1OC(F)F)c1ccc(COc2cccc3cccnc23)cc1. The second-order valence-electron chi connectivity index (χ2n) is 6.93. The van der Waals surface area contributed by atoms with Gasteiger partial charge in [-0.2, -0.15) is 13.9 Å². The van der Waals surface area contributed by atoms with Crippen molar-refractivity contribution in [2.75, 3.05) is 0 Å². The molecule has 1 heterocycles. The van der Waals surface area contributed by atoms with E-state index >= 15 is 0 Å². The Hall–Kier alpha value is -4.33. The molecule has 0 fully saturated rings. The van der Waals surface area contributed by atoms with Crippen LogP contribution in [0.3, 0.4) is 0 Å². The summed E-state index contributed by atoms with van der Waals surface area (Å²) in [5, 5.41) is 4.82. The second-order valence-corrected chi connectivity index (χ2v) is 6.93. The van der Waals surface area contributed by atoms with Gasteiger partial charge in [0.25, 0.3) is 5.91 Å². The molecule has 0 radical (unpaired) electrons. The van der Waals surface area contributed by atoms with Gasteiger partial charge in [-0.05, 0) is 42.0 Å². The number of ether oxygens (including phenoxy) is 2. The van der Waals surface area contributed by atoms with Gasteiger partial charge in [-0.15, -0.1) is 0 Å². The quantitative estimate of drug-likeness (QED) is 0.298. The van der Waals surface area contributed by atoms with E-state index < -0.39 is 12.5 Å². The van der Waals surface area contributed by atoms with Crippen LogP contribution in [0.5, 0.6) is 11.5 Å². The molecule has 4 rings (SSSR count). The lowest BCUT2D eigenvalue weighted by atomic mass is 10.1. The summed E-state index contributed by atoms with van der Waals surface area (Å²) in [6.45, 7) is -2.63. The first-order valence-electron chi connectivity index (χ1n) is 10.0. The molecule has 1 aromatic heterocycles. The van der Waals surface area contributed by atoms with Gasteiger partial charge in [0.15, 0.2) is 0 Å². The average Bonchev–Trinajstić information content (AvgIpc) is 2.83. The van der Waals surface area contributed by atoms with E-state index in [1.807, 2.05) is 30.3 Å². The third-order valence-electron chi connectivity index (χ3n) is 4.71. The molecule has 0 saturated heterocycles. The third kappa shape index (κ3) is 5.68. The van der Waals surface area contributed by atoms with Crippen LogP contribution in [0, 0.1) is 0 Å². The number of benzene rings is 3. The predicted octanol–water partition coefficient (Wildman–Crippen LogP) is 5.18. The van der Waals surface area contributed by atoms with Gasteiger partial charge in [0, 0.05) is 22.7 Å². The highest BCUT2D eigenvalue weighted by Crippen LogP contribution is 2.24. The van der Waals surface area contributed by atoms with Crippen molar-refractivity contribution < 1.29 is 23.0 Å². The number of halogens is 2. The Bertz CT molecular complexity index is 1270. The first-order chi connectivity index (χ1) is 16.1. The summed E-state index contributed by atoms with van der Waals surface area (Å²) in [5.41, 5.74) is 4.74. The molecule has 4 aromatic rings. The van der Waals surface area contributed by atoms with Gasteiger partial charge in [-0.1, -0.05) is 42.5 Å². The molecular weight excluding hydrogens is 428 g/mol. The number of para-hydroxylation sites is 2. The molecule has 0 unspecified atom stereocenters. The Morgan fingerprint density at radius 2 is 1.73 bits per heavy atom. The smallest absolute Gasteiger partial charge is 0.387 e. The number of fused-ring (bicyclic) bond motifs is 1. The van der Waals surface area contributed by atoms with Crippen molar-refractivity contribution in [3.63, 3.8) is 0 Å². The molecule has 1 N–H and O–H groups in total. The first-order valence-corrected chi connectivity index (χ1v) is 10.0. The van der Waals surface area contributed by atoms with Crippen molar-refractivity contribution >= 4 is 23.0 Å².